The zero-order valence-corrected chi connectivity index (χ0v) is 12.6. The van der Waals surface area contributed by atoms with Gasteiger partial charge in [0, 0.05) is 12.1 Å². The van der Waals surface area contributed by atoms with Crippen molar-refractivity contribution in [3.63, 3.8) is 0 Å². The molecule has 1 amide bonds. The molecule has 21 heavy (non-hydrogen) atoms. The number of nitrogens with one attached hydrogen (secondary N) is 1. The van der Waals surface area contributed by atoms with Gasteiger partial charge in [-0.15, -0.1) is 0 Å². The topological polar surface area (TPSA) is 58.4 Å². The van der Waals surface area contributed by atoms with Crippen molar-refractivity contribution in [1.82, 2.24) is 10.3 Å². The highest BCUT2D eigenvalue weighted by Crippen LogP contribution is 2.46. The van der Waals surface area contributed by atoms with E-state index < -0.39 is 0 Å². The van der Waals surface area contributed by atoms with Crippen molar-refractivity contribution in [1.29, 1.82) is 0 Å². The molecule has 0 bridgehead atoms. The van der Waals surface area contributed by atoms with Crippen LogP contribution in [-0.2, 0) is 6.54 Å². The van der Waals surface area contributed by atoms with Crippen LogP contribution in [0.4, 0.5) is 0 Å². The molecule has 2 aliphatic rings. The van der Waals surface area contributed by atoms with Crippen LogP contribution in [0.5, 0.6) is 0 Å². The summed E-state index contributed by atoms with van der Waals surface area (Å²) < 4.78 is 0. The summed E-state index contributed by atoms with van der Waals surface area (Å²) in [6.07, 6.45) is 8.49. The first-order valence-corrected chi connectivity index (χ1v) is 8.03. The summed E-state index contributed by atoms with van der Waals surface area (Å²) in [6, 6.07) is 7.76. The molecule has 0 unspecified atom stereocenters. The average Bonchev–Trinajstić information content (AvgIpc) is 2.98. The van der Waals surface area contributed by atoms with Gasteiger partial charge in [0.15, 0.2) is 0 Å². The van der Waals surface area contributed by atoms with Crippen LogP contribution in [0, 0.1) is 5.41 Å². The molecule has 0 aromatic heterocycles. The van der Waals surface area contributed by atoms with Crippen molar-refractivity contribution in [2.45, 2.75) is 45.1 Å². The molecule has 0 radical (unpaired) electrons. The highest BCUT2D eigenvalue weighted by atomic mass is 16.2. The third-order valence-corrected chi connectivity index (χ3v) is 5.33. The maximum Gasteiger partial charge on any atom is 0.265 e. The van der Waals surface area contributed by atoms with Crippen LogP contribution in [0.2, 0.25) is 0 Å². The Kier molecular flexibility index (Phi) is 4.27. The summed E-state index contributed by atoms with van der Waals surface area (Å²) in [5.74, 6) is 4.91. The minimum atomic E-state index is -0.234. The molecule has 1 saturated carbocycles. The second-order valence-electron chi connectivity index (χ2n) is 6.65. The lowest BCUT2D eigenvalue weighted by molar-refractivity contribution is 0.0953. The fourth-order valence-electron chi connectivity index (χ4n) is 3.91. The smallest absolute Gasteiger partial charge is 0.265 e. The van der Waals surface area contributed by atoms with Gasteiger partial charge in [-0.05, 0) is 61.9 Å². The molecule has 1 saturated heterocycles. The van der Waals surface area contributed by atoms with Gasteiger partial charge in [0.2, 0.25) is 0 Å². The minimum absolute atomic E-state index is 0.234. The number of carbonyl (C=O) groups is 1. The van der Waals surface area contributed by atoms with Crippen LogP contribution in [0.3, 0.4) is 0 Å². The number of amides is 1. The summed E-state index contributed by atoms with van der Waals surface area (Å²) in [6.45, 7) is 3.41. The molecule has 3 rings (SSSR count). The molecule has 4 nitrogen and oxygen atoms in total. The van der Waals surface area contributed by atoms with E-state index in [-0.39, 0.29) is 5.91 Å². The molecular formula is C17H25N3O. The lowest BCUT2D eigenvalue weighted by Gasteiger charge is -2.39. The SMILES string of the molecule is NNC(=O)c1ccc(CN2CCC3(CCCC3)CC2)cc1. The monoisotopic (exact) mass is 287 g/mol. The van der Waals surface area contributed by atoms with Crippen molar-refractivity contribution in [3.05, 3.63) is 35.4 Å². The molecule has 0 atom stereocenters. The van der Waals surface area contributed by atoms with Gasteiger partial charge >= 0.3 is 0 Å². The molecule has 2 fully saturated rings. The molecule has 4 heteroatoms. The van der Waals surface area contributed by atoms with E-state index in [0.29, 0.717) is 11.0 Å². The highest BCUT2D eigenvalue weighted by molar-refractivity contribution is 5.93. The number of benzene rings is 1. The number of hydrogen-bond donors (Lipinski definition) is 2. The number of rotatable bonds is 3. The second kappa shape index (κ2) is 6.16. The number of hydrogen-bond acceptors (Lipinski definition) is 3. The van der Waals surface area contributed by atoms with E-state index in [2.05, 4.69) is 10.3 Å². The zero-order chi connectivity index (χ0) is 14.7. The molecule has 1 aliphatic carbocycles. The zero-order valence-electron chi connectivity index (χ0n) is 12.6. The van der Waals surface area contributed by atoms with E-state index in [9.17, 15) is 4.79 Å². The Morgan fingerprint density at radius 2 is 1.71 bits per heavy atom. The normalized spacial score (nSPS) is 21.6. The van der Waals surface area contributed by atoms with Crippen LogP contribution in [0.1, 0.15) is 54.4 Å². The first kappa shape index (κ1) is 14.5. The van der Waals surface area contributed by atoms with E-state index in [0.717, 1.165) is 6.54 Å². The van der Waals surface area contributed by atoms with E-state index in [1.165, 1.54) is 57.2 Å². The number of carbonyl (C=O) groups excluding carboxylic acids is 1. The molecule has 3 N–H and O–H groups in total. The van der Waals surface area contributed by atoms with E-state index in [4.69, 9.17) is 5.84 Å². The van der Waals surface area contributed by atoms with Crippen molar-refractivity contribution in [2.24, 2.45) is 11.3 Å². The lowest BCUT2D eigenvalue weighted by Crippen LogP contribution is -2.38. The van der Waals surface area contributed by atoms with Gasteiger partial charge in [0.25, 0.3) is 5.91 Å². The predicted molar refractivity (Wildman–Crippen MR) is 83.5 cm³/mol. The molecule has 1 aromatic carbocycles. The van der Waals surface area contributed by atoms with Crippen LogP contribution in [0.15, 0.2) is 24.3 Å². The van der Waals surface area contributed by atoms with Crippen LogP contribution < -0.4 is 11.3 Å². The number of likely N-dealkylation sites (tertiary alicyclic amines) is 1. The fourth-order valence-corrected chi connectivity index (χ4v) is 3.91. The van der Waals surface area contributed by atoms with Gasteiger partial charge in [-0.2, -0.15) is 0 Å². The third-order valence-electron chi connectivity index (χ3n) is 5.33. The Morgan fingerprint density at radius 1 is 1.10 bits per heavy atom. The van der Waals surface area contributed by atoms with Gasteiger partial charge in [-0.25, -0.2) is 5.84 Å². The number of nitrogens with two attached hydrogens (primary N) is 1. The summed E-state index contributed by atoms with van der Waals surface area (Å²) >= 11 is 0. The second-order valence-corrected chi connectivity index (χ2v) is 6.65. The highest BCUT2D eigenvalue weighted by Gasteiger charge is 2.36. The van der Waals surface area contributed by atoms with E-state index in [1.807, 2.05) is 24.3 Å². The van der Waals surface area contributed by atoms with Crippen LogP contribution in [0.25, 0.3) is 0 Å². The number of piperidine rings is 1. The lowest BCUT2D eigenvalue weighted by atomic mass is 9.77. The Morgan fingerprint density at radius 3 is 2.29 bits per heavy atom. The van der Waals surface area contributed by atoms with Crippen molar-refractivity contribution < 1.29 is 4.79 Å². The van der Waals surface area contributed by atoms with Crippen molar-refractivity contribution >= 4 is 5.91 Å². The summed E-state index contributed by atoms with van der Waals surface area (Å²) in [4.78, 5) is 14.0. The first-order chi connectivity index (χ1) is 10.2. The van der Waals surface area contributed by atoms with Crippen molar-refractivity contribution in [2.75, 3.05) is 13.1 Å². The standard InChI is InChI=1S/C17H25N3O/c18-19-16(21)15-5-3-14(4-6-15)13-20-11-9-17(10-12-20)7-1-2-8-17/h3-6H,1-2,7-13,18H2,(H,19,21). The fraction of sp³-hybridized carbons (Fsp3) is 0.588. The van der Waals surface area contributed by atoms with Crippen LogP contribution >= 0.6 is 0 Å². The van der Waals surface area contributed by atoms with Gasteiger partial charge < -0.3 is 0 Å². The molecule has 1 heterocycles. The predicted octanol–water partition coefficient (Wildman–Crippen LogP) is 2.45. The molecule has 114 valence electrons. The quantitative estimate of drug-likeness (QED) is 0.510. The Balaban J connectivity index is 1.54. The molecule has 1 aliphatic heterocycles. The van der Waals surface area contributed by atoms with Gasteiger partial charge in [-0.1, -0.05) is 25.0 Å². The number of hydrazine groups is 1. The van der Waals surface area contributed by atoms with Crippen LogP contribution in [-0.4, -0.2) is 23.9 Å². The first-order valence-electron chi connectivity index (χ1n) is 8.03. The maximum absolute atomic E-state index is 11.4. The molecular weight excluding hydrogens is 262 g/mol. The third kappa shape index (κ3) is 3.27. The molecule has 1 aromatic rings. The maximum atomic E-state index is 11.4. The van der Waals surface area contributed by atoms with Gasteiger partial charge in [-0.3, -0.25) is 15.1 Å². The van der Waals surface area contributed by atoms with E-state index >= 15 is 0 Å². The Bertz CT molecular complexity index is 481. The average molecular weight is 287 g/mol. The van der Waals surface area contributed by atoms with E-state index in [1.54, 1.807) is 0 Å². The summed E-state index contributed by atoms with van der Waals surface area (Å²) in [7, 11) is 0. The molecule has 1 spiro atoms. The number of nitrogens with zero attached hydrogens (tertiary/aromatic N) is 1. The van der Waals surface area contributed by atoms with Gasteiger partial charge in [0.1, 0.15) is 0 Å². The summed E-state index contributed by atoms with van der Waals surface area (Å²) in [5, 5.41) is 0. The summed E-state index contributed by atoms with van der Waals surface area (Å²) in [5.41, 5.74) is 4.73. The minimum Gasteiger partial charge on any atom is -0.299 e. The Labute approximate surface area is 126 Å². The number of nitrogen functional groups attached to an aromatic ring is 1. The largest absolute Gasteiger partial charge is 0.299 e. The van der Waals surface area contributed by atoms with Crippen molar-refractivity contribution in [3.8, 4) is 0 Å². The Hall–Kier alpha value is -1.39. The van der Waals surface area contributed by atoms with Gasteiger partial charge in [0.05, 0.1) is 0 Å².